The van der Waals surface area contributed by atoms with E-state index in [0.29, 0.717) is 0 Å². The average molecular weight is 228 g/mol. The summed E-state index contributed by atoms with van der Waals surface area (Å²) in [5, 5.41) is 0.198. The number of rotatable bonds is 0. The van der Waals surface area contributed by atoms with E-state index >= 15 is 0 Å². The highest BCUT2D eigenvalue weighted by Crippen LogP contribution is 2.39. The minimum atomic E-state index is 0.175. The first-order valence-corrected chi connectivity index (χ1v) is 5.65. The fourth-order valence-corrected chi connectivity index (χ4v) is 3.39. The molecule has 0 fully saturated rings. The molecule has 3 atom stereocenters. The first kappa shape index (κ1) is 9.58. The maximum atomic E-state index is 4.32. The molecule has 0 N–H and O–H groups in total. The lowest BCUT2D eigenvalue weighted by atomic mass is 10.4. The summed E-state index contributed by atoms with van der Waals surface area (Å²) in [6.07, 6.45) is 1.98. The van der Waals surface area contributed by atoms with Gasteiger partial charge in [-0.2, -0.15) is 37.9 Å². The highest BCUT2D eigenvalue weighted by Gasteiger charge is 2.23. The van der Waals surface area contributed by atoms with Crippen molar-refractivity contribution in [3.63, 3.8) is 0 Å². The Hall–Kier alpha value is 1.49. The third-order valence-corrected chi connectivity index (χ3v) is 5.24. The largest absolute Gasteiger partial charge is 0.170 e. The zero-order valence-electron chi connectivity index (χ0n) is 5.01. The molecule has 3 unspecified atom stereocenters. The van der Waals surface area contributed by atoms with Crippen LogP contribution in [0.4, 0.5) is 0 Å². The molecule has 58 valence electrons. The lowest BCUT2D eigenvalue weighted by Gasteiger charge is -2.25. The molecule has 0 amide bonds. The van der Waals surface area contributed by atoms with Crippen molar-refractivity contribution in [1.82, 2.24) is 0 Å². The first-order chi connectivity index (χ1) is 4.61. The van der Waals surface area contributed by atoms with E-state index in [1.165, 1.54) is 0 Å². The number of thiol groups is 4. The van der Waals surface area contributed by atoms with E-state index in [-0.39, 0.29) is 14.4 Å². The Balaban J connectivity index is 2.69. The molecule has 0 aliphatic carbocycles. The van der Waals surface area contributed by atoms with E-state index in [0.717, 1.165) is 4.91 Å². The molecule has 1 rings (SSSR count). The van der Waals surface area contributed by atoms with Gasteiger partial charge in [-0.25, -0.2) is 0 Å². The summed E-state index contributed by atoms with van der Waals surface area (Å²) in [5.41, 5.74) is 0. The molecule has 0 aromatic rings. The Labute approximate surface area is 87.2 Å². The normalized spacial score (nSPS) is 41.2. The van der Waals surface area contributed by atoms with Crippen LogP contribution in [0.3, 0.4) is 0 Å². The second-order valence-corrected chi connectivity index (χ2v) is 6.10. The highest BCUT2D eigenvalue weighted by molar-refractivity contribution is 8.18. The van der Waals surface area contributed by atoms with Crippen LogP contribution in [0.2, 0.25) is 0 Å². The maximum Gasteiger partial charge on any atom is 0.0786 e. The standard InChI is InChI=1S/C5H8S5/c6-2-1-3(7)5(9)10-4(2)8/h1-2,4-9H. The minimum absolute atomic E-state index is 0.175. The second-order valence-electron chi connectivity index (χ2n) is 1.96. The summed E-state index contributed by atoms with van der Waals surface area (Å²) >= 11 is 18.8. The fraction of sp³-hybridized carbons (Fsp3) is 0.600. The van der Waals surface area contributed by atoms with Crippen molar-refractivity contribution in [3.05, 3.63) is 11.0 Å². The Morgan fingerprint density at radius 1 is 1.30 bits per heavy atom. The summed E-state index contributed by atoms with van der Waals surface area (Å²) in [6.45, 7) is 0. The molecular formula is C5H8S5. The molecule has 10 heavy (non-hydrogen) atoms. The third-order valence-electron chi connectivity index (χ3n) is 1.16. The number of thioether (sulfide) groups is 1. The van der Waals surface area contributed by atoms with E-state index in [1.54, 1.807) is 11.8 Å². The summed E-state index contributed by atoms with van der Waals surface area (Å²) in [6, 6.07) is 0. The van der Waals surface area contributed by atoms with Gasteiger partial charge >= 0.3 is 0 Å². The quantitative estimate of drug-likeness (QED) is 0.462. The smallest absolute Gasteiger partial charge is 0.0786 e. The Morgan fingerprint density at radius 3 is 2.40 bits per heavy atom. The average Bonchev–Trinajstić information content (AvgIpc) is 1.84. The molecule has 0 bridgehead atoms. The van der Waals surface area contributed by atoms with E-state index in [9.17, 15) is 0 Å². The van der Waals surface area contributed by atoms with E-state index in [2.05, 4.69) is 50.5 Å². The highest BCUT2D eigenvalue weighted by atomic mass is 32.2. The van der Waals surface area contributed by atoms with Gasteiger partial charge in [0.1, 0.15) is 0 Å². The van der Waals surface area contributed by atoms with Crippen LogP contribution in [0, 0.1) is 0 Å². The predicted octanol–water partition coefficient (Wildman–Crippen LogP) is 2.36. The van der Waals surface area contributed by atoms with Crippen molar-refractivity contribution in [3.8, 4) is 0 Å². The van der Waals surface area contributed by atoms with Crippen molar-refractivity contribution in [2.75, 3.05) is 0 Å². The van der Waals surface area contributed by atoms with Gasteiger partial charge in [0.2, 0.25) is 0 Å². The van der Waals surface area contributed by atoms with Crippen LogP contribution in [-0.4, -0.2) is 14.4 Å². The topological polar surface area (TPSA) is 0 Å². The van der Waals surface area contributed by atoms with Gasteiger partial charge in [-0.3, -0.25) is 0 Å². The second kappa shape index (κ2) is 3.94. The zero-order chi connectivity index (χ0) is 7.72. The van der Waals surface area contributed by atoms with Gasteiger partial charge in [0, 0.05) is 10.2 Å². The molecule has 0 aromatic carbocycles. The maximum absolute atomic E-state index is 4.32. The van der Waals surface area contributed by atoms with Crippen molar-refractivity contribution >= 4 is 62.3 Å². The molecule has 5 heteroatoms. The molecule has 0 saturated heterocycles. The van der Waals surface area contributed by atoms with Gasteiger partial charge in [0.25, 0.3) is 0 Å². The van der Waals surface area contributed by atoms with Gasteiger partial charge < -0.3 is 0 Å². The van der Waals surface area contributed by atoms with Crippen LogP contribution in [-0.2, 0) is 0 Å². The minimum Gasteiger partial charge on any atom is -0.170 e. The van der Waals surface area contributed by atoms with Gasteiger partial charge in [0.15, 0.2) is 0 Å². The molecular weight excluding hydrogens is 220 g/mol. The van der Waals surface area contributed by atoms with Crippen molar-refractivity contribution in [2.45, 2.75) is 14.4 Å². The summed E-state index contributed by atoms with van der Waals surface area (Å²) < 4.78 is 0.413. The van der Waals surface area contributed by atoms with Gasteiger partial charge in [-0.05, 0) is 0 Å². The van der Waals surface area contributed by atoms with Crippen LogP contribution >= 0.6 is 62.3 Å². The van der Waals surface area contributed by atoms with E-state index in [1.807, 2.05) is 6.08 Å². The first-order valence-electron chi connectivity index (χ1n) is 2.71. The summed E-state index contributed by atoms with van der Waals surface area (Å²) in [7, 11) is 0. The molecule has 0 aromatic heterocycles. The Bertz CT molecular complexity index is 154. The monoisotopic (exact) mass is 228 g/mol. The van der Waals surface area contributed by atoms with Crippen LogP contribution in [0.25, 0.3) is 0 Å². The lowest BCUT2D eigenvalue weighted by molar-refractivity contribution is 1.18. The fourth-order valence-electron chi connectivity index (χ4n) is 0.622. The molecule has 0 nitrogen and oxygen atoms in total. The molecule has 0 radical (unpaired) electrons. The van der Waals surface area contributed by atoms with Crippen LogP contribution < -0.4 is 0 Å². The SMILES string of the molecule is SC1=CC(S)C(S)SC1S. The predicted molar refractivity (Wildman–Crippen MR) is 63.0 cm³/mol. The lowest BCUT2D eigenvalue weighted by Crippen LogP contribution is -2.17. The van der Waals surface area contributed by atoms with E-state index < -0.39 is 0 Å². The van der Waals surface area contributed by atoms with E-state index in [4.69, 9.17) is 0 Å². The number of hydrogen-bond acceptors (Lipinski definition) is 5. The van der Waals surface area contributed by atoms with Crippen LogP contribution in [0.15, 0.2) is 11.0 Å². The molecule has 1 heterocycles. The van der Waals surface area contributed by atoms with Crippen molar-refractivity contribution < 1.29 is 0 Å². The van der Waals surface area contributed by atoms with Gasteiger partial charge in [0.05, 0.1) is 9.16 Å². The molecule has 0 saturated carbocycles. The van der Waals surface area contributed by atoms with Crippen molar-refractivity contribution in [2.24, 2.45) is 0 Å². The third kappa shape index (κ3) is 2.24. The Kier molecular flexibility index (Phi) is 3.77. The molecule has 0 spiro atoms. The van der Waals surface area contributed by atoms with Gasteiger partial charge in [-0.15, -0.1) is 24.4 Å². The summed E-state index contributed by atoms with van der Waals surface area (Å²) in [5.74, 6) is 0. The zero-order valence-corrected chi connectivity index (χ0v) is 9.40. The summed E-state index contributed by atoms with van der Waals surface area (Å²) in [4.78, 5) is 0.985. The number of hydrogen-bond donors (Lipinski definition) is 4. The van der Waals surface area contributed by atoms with Crippen molar-refractivity contribution in [1.29, 1.82) is 0 Å². The van der Waals surface area contributed by atoms with Gasteiger partial charge in [-0.1, -0.05) is 6.08 Å². The van der Waals surface area contributed by atoms with Crippen LogP contribution in [0.1, 0.15) is 0 Å². The molecule has 1 aliphatic heterocycles. The molecule has 1 aliphatic rings. The van der Waals surface area contributed by atoms with Crippen LogP contribution in [0.5, 0.6) is 0 Å². The Morgan fingerprint density at radius 2 is 1.90 bits per heavy atom.